The first kappa shape index (κ1) is 11.2. The van der Waals surface area contributed by atoms with Crippen LogP contribution in [-0.2, 0) is 6.54 Å². The van der Waals surface area contributed by atoms with Gasteiger partial charge < -0.3 is 14.8 Å². The molecular weight excluding hydrogens is 202 g/mol. The van der Waals surface area contributed by atoms with Crippen LogP contribution in [-0.4, -0.2) is 21.4 Å². The zero-order valence-electron chi connectivity index (χ0n) is 9.64. The third-order valence-electron chi connectivity index (χ3n) is 2.86. The van der Waals surface area contributed by atoms with Gasteiger partial charge in [0.2, 0.25) is 0 Å². The fourth-order valence-electron chi connectivity index (χ4n) is 2.06. The van der Waals surface area contributed by atoms with E-state index in [0.29, 0.717) is 6.54 Å². The van der Waals surface area contributed by atoms with Crippen molar-refractivity contribution in [2.45, 2.75) is 26.5 Å². The molecule has 0 saturated heterocycles. The molecule has 3 heteroatoms. The third-order valence-corrected chi connectivity index (χ3v) is 2.86. The normalized spacial score (nSPS) is 13.2. The summed E-state index contributed by atoms with van der Waals surface area (Å²) in [4.78, 5) is 0. The van der Waals surface area contributed by atoms with Gasteiger partial charge in [0.1, 0.15) is 0 Å². The minimum atomic E-state index is -0.482. The van der Waals surface area contributed by atoms with Gasteiger partial charge in [-0.05, 0) is 26.0 Å². The lowest BCUT2D eigenvalue weighted by Crippen LogP contribution is -2.00. The van der Waals surface area contributed by atoms with Gasteiger partial charge in [0.25, 0.3) is 0 Å². The van der Waals surface area contributed by atoms with Gasteiger partial charge in [-0.25, -0.2) is 0 Å². The van der Waals surface area contributed by atoms with Crippen molar-refractivity contribution in [2.75, 3.05) is 6.61 Å². The predicted octanol–water partition coefficient (Wildman–Crippen LogP) is 2.00. The summed E-state index contributed by atoms with van der Waals surface area (Å²) in [6.45, 7) is 4.47. The maximum Gasteiger partial charge on any atom is 0.0782 e. The first-order valence-corrected chi connectivity index (χ1v) is 5.52. The first-order valence-electron chi connectivity index (χ1n) is 5.52. The molecule has 1 unspecified atom stereocenters. The van der Waals surface area contributed by atoms with E-state index in [1.54, 1.807) is 6.92 Å². The number of rotatable bonds is 3. The van der Waals surface area contributed by atoms with Crippen LogP contribution in [0.25, 0.3) is 10.9 Å². The molecule has 2 aromatic rings. The molecule has 1 aromatic heterocycles. The van der Waals surface area contributed by atoms with E-state index in [2.05, 4.69) is 6.07 Å². The van der Waals surface area contributed by atoms with Crippen LogP contribution in [0.15, 0.2) is 24.4 Å². The van der Waals surface area contributed by atoms with Crippen molar-refractivity contribution in [1.82, 2.24) is 4.57 Å². The highest BCUT2D eigenvalue weighted by Crippen LogP contribution is 2.27. The Morgan fingerprint density at radius 1 is 1.38 bits per heavy atom. The van der Waals surface area contributed by atoms with E-state index in [9.17, 15) is 5.11 Å². The monoisotopic (exact) mass is 219 g/mol. The third kappa shape index (κ3) is 1.84. The Kier molecular flexibility index (Phi) is 2.99. The molecule has 0 radical (unpaired) electrons. The molecule has 0 fully saturated rings. The second kappa shape index (κ2) is 4.28. The number of aliphatic hydroxyl groups excluding tert-OH is 2. The topological polar surface area (TPSA) is 45.4 Å². The first-order chi connectivity index (χ1) is 7.63. The van der Waals surface area contributed by atoms with Crippen molar-refractivity contribution in [1.29, 1.82) is 0 Å². The number of hydrogen-bond acceptors (Lipinski definition) is 2. The average Bonchev–Trinajstić information content (AvgIpc) is 2.57. The Morgan fingerprint density at radius 2 is 2.12 bits per heavy atom. The Hall–Kier alpha value is -1.32. The van der Waals surface area contributed by atoms with E-state index in [0.717, 1.165) is 16.5 Å². The van der Waals surface area contributed by atoms with Crippen molar-refractivity contribution in [3.63, 3.8) is 0 Å². The summed E-state index contributed by atoms with van der Waals surface area (Å²) in [5.41, 5.74) is 3.17. The van der Waals surface area contributed by atoms with Crippen molar-refractivity contribution < 1.29 is 10.2 Å². The van der Waals surface area contributed by atoms with Crippen LogP contribution in [0.4, 0.5) is 0 Å². The van der Waals surface area contributed by atoms with E-state index in [1.807, 2.05) is 29.8 Å². The van der Waals surface area contributed by atoms with E-state index in [4.69, 9.17) is 5.11 Å². The fourth-order valence-corrected chi connectivity index (χ4v) is 2.06. The van der Waals surface area contributed by atoms with Crippen LogP contribution in [0.5, 0.6) is 0 Å². The van der Waals surface area contributed by atoms with E-state index in [-0.39, 0.29) is 6.61 Å². The number of fused-ring (bicyclic) bond motifs is 1. The van der Waals surface area contributed by atoms with Gasteiger partial charge in [0.15, 0.2) is 0 Å². The molecule has 2 rings (SSSR count). The van der Waals surface area contributed by atoms with Crippen LogP contribution >= 0.6 is 0 Å². The standard InChI is InChI=1S/C13H17NO2/c1-9-3-4-13-11(7-9)12(10(2)16)8-14(13)5-6-15/h3-4,7-8,10,15-16H,5-6H2,1-2H3. The predicted molar refractivity (Wildman–Crippen MR) is 64.4 cm³/mol. The van der Waals surface area contributed by atoms with Gasteiger partial charge in [-0.2, -0.15) is 0 Å². The van der Waals surface area contributed by atoms with Crippen molar-refractivity contribution in [3.05, 3.63) is 35.5 Å². The van der Waals surface area contributed by atoms with Crippen LogP contribution in [0.1, 0.15) is 24.2 Å². The summed E-state index contributed by atoms with van der Waals surface area (Å²) < 4.78 is 1.98. The lowest BCUT2D eigenvalue weighted by molar-refractivity contribution is 0.200. The lowest BCUT2D eigenvalue weighted by atomic mass is 10.1. The summed E-state index contributed by atoms with van der Waals surface area (Å²) >= 11 is 0. The minimum absolute atomic E-state index is 0.108. The summed E-state index contributed by atoms with van der Waals surface area (Å²) in [6, 6.07) is 6.15. The Morgan fingerprint density at radius 3 is 2.75 bits per heavy atom. The Bertz CT molecular complexity index is 500. The molecule has 0 aliphatic carbocycles. The molecule has 0 saturated carbocycles. The molecule has 1 atom stereocenters. The highest BCUT2D eigenvalue weighted by Gasteiger charge is 2.11. The number of benzene rings is 1. The van der Waals surface area contributed by atoms with E-state index >= 15 is 0 Å². The zero-order valence-corrected chi connectivity index (χ0v) is 9.64. The Labute approximate surface area is 94.9 Å². The smallest absolute Gasteiger partial charge is 0.0782 e. The molecule has 0 aliphatic rings. The molecule has 86 valence electrons. The van der Waals surface area contributed by atoms with Gasteiger partial charge in [-0.1, -0.05) is 11.6 Å². The van der Waals surface area contributed by atoms with E-state index in [1.165, 1.54) is 5.56 Å². The van der Waals surface area contributed by atoms with Crippen LogP contribution in [0.2, 0.25) is 0 Å². The maximum atomic E-state index is 9.72. The Balaban J connectivity index is 2.66. The van der Waals surface area contributed by atoms with Crippen LogP contribution < -0.4 is 0 Å². The van der Waals surface area contributed by atoms with Gasteiger partial charge in [0.05, 0.1) is 12.7 Å². The largest absolute Gasteiger partial charge is 0.395 e. The number of aromatic nitrogens is 1. The zero-order chi connectivity index (χ0) is 11.7. The van der Waals surface area contributed by atoms with Gasteiger partial charge in [0, 0.05) is 29.2 Å². The van der Waals surface area contributed by atoms with Gasteiger partial charge in [-0.3, -0.25) is 0 Å². The molecule has 1 heterocycles. The summed E-state index contributed by atoms with van der Waals surface area (Å²) in [7, 11) is 0. The summed E-state index contributed by atoms with van der Waals surface area (Å²) in [5, 5.41) is 19.8. The number of aryl methyl sites for hydroxylation is 1. The number of aliphatic hydroxyl groups is 2. The highest BCUT2D eigenvalue weighted by molar-refractivity contribution is 5.85. The number of hydrogen-bond donors (Lipinski definition) is 2. The average molecular weight is 219 g/mol. The van der Waals surface area contributed by atoms with Gasteiger partial charge >= 0.3 is 0 Å². The van der Waals surface area contributed by atoms with Crippen molar-refractivity contribution in [2.24, 2.45) is 0 Å². The van der Waals surface area contributed by atoms with Crippen molar-refractivity contribution in [3.8, 4) is 0 Å². The fraction of sp³-hybridized carbons (Fsp3) is 0.385. The van der Waals surface area contributed by atoms with Crippen LogP contribution in [0, 0.1) is 6.92 Å². The van der Waals surface area contributed by atoms with Crippen molar-refractivity contribution >= 4 is 10.9 Å². The molecule has 3 nitrogen and oxygen atoms in total. The quantitative estimate of drug-likeness (QED) is 0.829. The molecule has 16 heavy (non-hydrogen) atoms. The molecule has 0 amide bonds. The summed E-state index contributed by atoms with van der Waals surface area (Å²) in [6.07, 6.45) is 1.44. The second-order valence-electron chi connectivity index (χ2n) is 4.20. The highest BCUT2D eigenvalue weighted by atomic mass is 16.3. The molecule has 2 N–H and O–H groups in total. The molecule has 0 spiro atoms. The van der Waals surface area contributed by atoms with Crippen LogP contribution in [0.3, 0.4) is 0 Å². The lowest BCUT2D eigenvalue weighted by Gasteiger charge is -2.02. The summed E-state index contributed by atoms with van der Waals surface area (Å²) in [5.74, 6) is 0. The molecular formula is C13H17NO2. The van der Waals surface area contributed by atoms with Gasteiger partial charge in [-0.15, -0.1) is 0 Å². The molecule has 0 bridgehead atoms. The maximum absolute atomic E-state index is 9.72. The second-order valence-corrected chi connectivity index (χ2v) is 4.20. The minimum Gasteiger partial charge on any atom is -0.395 e. The molecule has 0 aliphatic heterocycles. The number of nitrogens with zero attached hydrogens (tertiary/aromatic N) is 1. The molecule has 1 aromatic carbocycles. The SMILES string of the molecule is Cc1ccc2c(c1)c(C(C)O)cn2CCO. The van der Waals surface area contributed by atoms with E-state index < -0.39 is 6.10 Å².